The van der Waals surface area contributed by atoms with E-state index in [1.807, 2.05) is 0 Å². The smallest absolute Gasteiger partial charge is 0.252 e. The molecular formula is C64H59BN2Si. The largest absolute Gasteiger partial charge is 0.311 e. The number of aryl methyl sites for hydroxylation is 2. The normalized spacial score (nSPS) is 13.2. The van der Waals surface area contributed by atoms with Gasteiger partial charge in [-0.1, -0.05) is 217 Å². The predicted octanol–water partition coefficient (Wildman–Crippen LogP) is 12.0. The molecule has 0 aliphatic carbocycles. The second kappa shape index (κ2) is 16.6. The van der Waals surface area contributed by atoms with Gasteiger partial charge in [0.05, 0.1) is 5.69 Å². The van der Waals surface area contributed by atoms with Crippen LogP contribution >= 0.6 is 0 Å². The molecule has 0 atom stereocenters. The van der Waals surface area contributed by atoms with Crippen LogP contribution in [0.1, 0.15) is 63.8 Å². The number of hydrogen-bond donors (Lipinski definition) is 0. The van der Waals surface area contributed by atoms with Crippen LogP contribution in [0.2, 0.25) is 0 Å². The lowest BCUT2D eigenvalue weighted by atomic mass is 9.33. The zero-order chi connectivity index (χ0) is 47.0. The Morgan fingerprint density at radius 3 is 1.35 bits per heavy atom. The molecule has 0 N–H and O–H groups in total. The average Bonchev–Trinajstić information content (AvgIpc) is 3.35. The lowest BCUT2D eigenvalue weighted by Gasteiger charge is -2.46. The van der Waals surface area contributed by atoms with E-state index >= 15 is 0 Å². The molecule has 0 saturated carbocycles. The number of anilines is 6. The first-order chi connectivity index (χ1) is 32.8. The van der Waals surface area contributed by atoms with E-state index < -0.39 is 8.07 Å². The molecule has 0 aromatic heterocycles. The number of benzene rings is 9. The van der Waals surface area contributed by atoms with Gasteiger partial charge in [0.2, 0.25) is 0 Å². The number of nitrogens with zero attached hydrogens (tertiary/aromatic N) is 2. The Morgan fingerprint density at radius 1 is 0.368 bits per heavy atom. The molecule has 68 heavy (non-hydrogen) atoms. The summed E-state index contributed by atoms with van der Waals surface area (Å²) in [7, 11) is -2.91. The number of rotatable bonds is 7. The van der Waals surface area contributed by atoms with Crippen molar-refractivity contribution in [2.24, 2.45) is 0 Å². The van der Waals surface area contributed by atoms with Gasteiger partial charge in [-0.05, 0) is 132 Å². The molecule has 0 fully saturated rings. The first-order valence-corrected chi connectivity index (χ1v) is 26.3. The van der Waals surface area contributed by atoms with Gasteiger partial charge >= 0.3 is 0 Å². The molecule has 4 heteroatoms. The number of fused-ring (bicyclic) bond motifs is 4. The highest BCUT2D eigenvalue weighted by molar-refractivity contribution is 7.20. The van der Waals surface area contributed by atoms with E-state index in [0.29, 0.717) is 0 Å². The standard InChI is InChI=1S/C64H59BN2Si/c1-44-22-21-23-45(2)62(44)67-58-39-37-54(68(51-26-15-10-16-27-51,52-28-17-11-18-29-52)53-30-19-12-20-31-53)43-56(58)65-55-42-49(64(6,7)8)34-38-57(55)66(50-35-32-48(33-36-50)63(3,4)5)59-40-47(41-60(67)61(59)65)46-24-13-9-14-25-46/h9-43H,1-8H3. The van der Waals surface area contributed by atoms with Gasteiger partial charge < -0.3 is 9.80 Å². The highest BCUT2D eigenvalue weighted by Crippen LogP contribution is 2.48. The fraction of sp³-hybridized carbons (Fsp3) is 0.156. The molecule has 0 bridgehead atoms. The molecule has 2 heterocycles. The minimum Gasteiger partial charge on any atom is -0.311 e. The van der Waals surface area contributed by atoms with Crippen LogP contribution in [0.5, 0.6) is 0 Å². The predicted molar refractivity (Wildman–Crippen MR) is 296 cm³/mol. The highest BCUT2D eigenvalue weighted by atomic mass is 28.3. The van der Waals surface area contributed by atoms with E-state index in [9.17, 15) is 0 Å². The quantitative estimate of drug-likeness (QED) is 0.116. The van der Waals surface area contributed by atoms with Gasteiger partial charge in [-0.2, -0.15) is 0 Å². The van der Waals surface area contributed by atoms with Crippen LogP contribution in [0.25, 0.3) is 11.1 Å². The summed E-state index contributed by atoms with van der Waals surface area (Å²) >= 11 is 0. The third-order valence-electron chi connectivity index (χ3n) is 14.7. The van der Waals surface area contributed by atoms with E-state index in [1.165, 1.54) is 99.0 Å². The van der Waals surface area contributed by atoms with E-state index in [2.05, 4.69) is 278 Å². The number of para-hydroxylation sites is 1. The monoisotopic (exact) mass is 894 g/mol. The molecule has 332 valence electrons. The summed E-state index contributed by atoms with van der Waals surface area (Å²) in [6, 6.07) is 81.1. The summed E-state index contributed by atoms with van der Waals surface area (Å²) < 4.78 is 0. The van der Waals surface area contributed by atoms with Crippen molar-refractivity contribution in [3.05, 3.63) is 235 Å². The van der Waals surface area contributed by atoms with Gasteiger partial charge in [0.25, 0.3) is 6.71 Å². The maximum absolute atomic E-state index is 2.91. The van der Waals surface area contributed by atoms with Crippen LogP contribution in [0.3, 0.4) is 0 Å². The first kappa shape index (κ1) is 43.4. The SMILES string of the molecule is Cc1cccc(C)c1N1c2ccc([Si](c3ccccc3)(c3ccccc3)c3ccccc3)cc2B2c3cc(C(C)(C)C)ccc3N(c3ccc(C(C)(C)C)cc3)c3cc(-c4ccccc4)cc1c32. The van der Waals surface area contributed by atoms with Gasteiger partial charge in [-0.15, -0.1) is 0 Å². The van der Waals surface area contributed by atoms with Crippen molar-refractivity contribution >= 4 is 86.0 Å². The zero-order valence-electron chi connectivity index (χ0n) is 40.7. The molecule has 0 saturated heterocycles. The zero-order valence-corrected chi connectivity index (χ0v) is 41.7. The van der Waals surface area contributed by atoms with E-state index in [0.717, 1.165) is 5.69 Å². The Balaban J connectivity index is 1.30. The van der Waals surface area contributed by atoms with Crippen molar-refractivity contribution in [2.45, 2.75) is 66.2 Å². The lowest BCUT2D eigenvalue weighted by molar-refractivity contribution is 0.590. The van der Waals surface area contributed by atoms with E-state index in [-0.39, 0.29) is 17.5 Å². The van der Waals surface area contributed by atoms with Crippen LogP contribution in [0, 0.1) is 13.8 Å². The highest BCUT2D eigenvalue weighted by Gasteiger charge is 2.47. The van der Waals surface area contributed by atoms with Crippen molar-refractivity contribution in [1.29, 1.82) is 0 Å². The van der Waals surface area contributed by atoms with Crippen LogP contribution in [0.4, 0.5) is 34.1 Å². The summed E-state index contributed by atoms with van der Waals surface area (Å²) in [5, 5.41) is 5.49. The Labute approximate surface area is 405 Å². The summed E-state index contributed by atoms with van der Waals surface area (Å²) in [6.07, 6.45) is 0. The van der Waals surface area contributed by atoms with Gasteiger partial charge in [0.1, 0.15) is 0 Å². The van der Waals surface area contributed by atoms with Crippen molar-refractivity contribution < 1.29 is 0 Å². The molecule has 9 aromatic rings. The van der Waals surface area contributed by atoms with Crippen molar-refractivity contribution in [1.82, 2.24) is 0 Å². The second-order valence-electron chi connectivity index (χ2n) is 21.1. The van der Waals surface area contributed by atoms with Gasteiger partial charge in [0.15, 0.2) is 8.07 Å². The van der Waals surface area contributed by atoms with E-state index in [4.69, 9.17) is 0 Å². The Hall–Kier alpha value is -7.14. The Morgan fingerprint density at radius 2 is 0.824 bits per heavy atom. The van der Waals surface area contributed by atoms with Crippen LogP contribution in [0.15, 0.2) is 212 Å². The van der Waals surface area contributed by atoms with Crippen molar-refractivity contribution in [3.63, 3.8) is 0 Å². The minimum absolute atomic E-state index is 0.0303. The topological polar surface area (TPSA) is 6.48 Å². The summed E-state index contributed by atoms with van der Waals surface area (Å²) in [6.45, 7) is 18.4. The fourth-order valence-corrected chi connectivity index (χ4v) is 16.1. The lowest BCUT2D eigenvalue weighted by Crippen LogP contribution is -2.75. The Kier molecular flexibility index (Phi) is 10.6. The van der Waals surface area contributed by atoms with Crippen LogP contribution < -0.4 is 46.9 Å². The Bertz CT molecular complexity index is 3200. The fourth-order valence-electron chi connectivity index (χ4n) is 11.4. The summed E-state index contributed by atoms with van der Waals surface area (Å²) in [5.41, 5.74) is 18.8. The van der Waals surface area contributed by atoms with E-state index in [1.54, 1.807) is 0 Å². The molecule has 2 aliphatic rings. The third-order valence-corrected chi connectivity index (χ3v) is 19.5. The molecular weight excluding hydrogens is 836 g/mol. The van der Waals surface area contributed by atoms with Crippen LogP contribution in [-0.4, -0.2) is 14.8 Å². The maximum Gasteiger partial charge on any atom is 0.252 e. The maximum atomic E-state index is 2.65. The molecule has 0 spiro atoms. The van der Waals surface area contributed by atoms with Gasteiger partial charge in [0, 0.05) is 28.4 Å². The minimum atomic E-state index is -2.91. The molecule has 2 nitrogen and oxygen atoms in total. The molecule has 2 aliphatic heterocycles. The molecule has 9 aromatic carbocycles. The number of hydrogen-bond acceptors (Lipinski definition) is 2. The molecule has 0 unspecified atom stereocenters. The summed E-state index contributed by atoms with van der Waals surface area (Å²) in [5.74, 6) is 0. The van der Waals surface area contributed by atoms with Crippen LogP contribution in [-0.2, 0) is 10.8 Å². The second-order valence-corrected chi connectivity index (χ2v) is 24.9. The summed E-state index contributed by atoms with van der Waals surface area (Å²) in [4.78, 5) is 5.20. The van der Waals surface area contributed by atoms with Gasteiger partial charge in [-0.3, -0.25) is 0 Å². The molecule has 0 amide bonds. The first-order valence-electron chi connectivity index (χ1n) is 24.3. The van der Waals surface area contributed by atoms with Crippen molar-refractivity contribution in [3.8, 4) is 11.1 Å². The molecule has 11 rings (SSSR count). The third kappa shape index (κ3) is 7.08. The van der Waals surface area contributed by atoms with Gasteiger partial charge in [-0.25, -0.2) is 0 Å². The van der Waals surface area contributed by atoms with Crippen molar-refractivity contribution in [2.75, 3.05) is 9.80 Å². The average molecular weight is 895 g/mol. The molecule has 0 radical (unpaired) electrons.